The van der Waals surface area contributed by atoms with E-state index in [1.54, 1.807) is 6.07 Å². The predicted octanol–water partition coefficient (Wildman–Crippen LogP) is 3.73. The highest BCUT2D eigenvalue weighted by Gasteiger charge is 2.32. The predicted molar refractivity (Wildman–Crippen MR) is 114 cm³/mol. The van der Waals surface area contributed by atoms with Crippen LogP contribution >= 0.6 is 11.8 Å². The lowest BCUT2D eigenvalue weighted by molar-refractivity contribution is -0.118. The first-order valence-corrected chi connectivity index (χ1v) is 11.1. The van der Waals surface area contributed by atoms with E-state index in [1.165, 1.54) is 12.3 Å². The third kappa shape index (κ3) is 4.75. The molecule has 2 unspecified atom stereocenters. The van der Waals surface area contributed by atoms with Crippen molar-refractivity contribution in [2.45, 2.75) is 44.0 Å². The van der Waals surface area contributed by atoms with Crippen LogP contribution in [0.1, 0.15) is 30.9 Å². The molecule has 30 heavy (non-hydrogen) atoms. The molecule has 1 aromatic heterocycles. The van der Waals surface area contributed by atoms with Gasteiger partial charge >= 0.3 is 0 Å². The number of imide groups is 1. The molecule has 2 aliphatic heterocycles. The Balaban J connectivity index is 1.42. The molecule has 2 fully saturated rings. The van der Waals surface area contributed by atoms with Crippen molar-refractivity contribution in [3.05, 3.63) is 53.5 Å². The minimum Gasteiger partial charge on any atom is -0.489 e. The molecule has 0 bridgehead atoms. The number of halogens is 1. The minimum absolute atomic E-state index is 0.0231. The van der Waals surface area contributed by atoms with E-state index in [9.17, 15) is 14.0 Å². The standard InChI is InChI=1S/C22H24FN3O3S/c1-2-14-10-17(7-5-15(14)11-19-21(27)25-22(28)30-19)29-18-4-3-9-26(13-18)20-8-6-16(23)12-24-20/h5-8,10,12,18-19H,2-4,9,11,13H2,1H3,(H,25,27,28). The summed E-state index contributed by atoms with van der Waals surface area (Å²) >= 11 is 1.05. The van der Waals surface area contributed by atoms with E-state index >= 15 is 0 Å². The van der Waals surface area contributed by atoms with Gasteiger partial charge in [-0.3, -0.25) is 14.9 Å². The number of benzene rings is 1. The number of hydrogen-bond acceptors (Lipinski definition) is 6. The van der Waals surface area contributed by atoms with Crippen LogP contribution in [0.3, 0.4) is 0 Å². The van der Waals surface area contributed by atoms with Gasteiger partial charge in [0.2, 0.25) is 5.91 Å². The monoisotopic (exact) mass is 429 g/mol. The highest BCUT2D eigenvalue weighted by Crippen LogP contribution is 2.28. The number of carbonyl (C=O) groups excluding carboxylic acids is 2. The first kappa shape index (κ1) is 20.7. The van der Waals surface area contributed by atoms with Gasteiger partial charge in [0.05, 0.1) is 18.0 Å². The Bertz CT molecular complexity index is 938. The van der Waals surface area contributed by atoms with Gasteiger partial charge in [-0.1, -0.05) is 24.8 Å². The van der Waals surface area contributed by atoms with E-state index in [0.29, 0.717) is 13.0 Å². The first-order valence-electron chi connectivity index (χ1n) is 10.2. The van der Waals surface area contributed by atoms with Gasteiger partial charge in [-0.05, 0) is 61.1 Å². The van der Waals surface area contributed by atoms with Crippen molar-refractivity contribution in [3.63, 3.8) is 0 Å². The van der Waals surface area contributed by atoms with Crippen LogP contribution in [0, 0.1) is 5.82 Å². The smallest absolute Gasteiger partial charge is 0.286 e. The highest BCUT2D eigenvalue weighted by atomic mass is 32.2. The fraction of sp³-hybridized carbons (Fsp3) is 0.409. The molecule has 0 aliphatic carbocycles. The lowest BCUT2D eigenvalue weighted by Crippen LogP contribution is -2.41. The minimum atomic E-state index is -0.371. The summed E-state index contributed by atoms with van der Waals surface area (Å²) in [6.45, 7) is 3.64. The van der Waals surface area contributed by atoms with Crippen molar-refractivity contribution < 1.29 is 18.7 Å². The number of aromatic nitrogens is 1. The average molecular weight is 430 g/mol. The number of pyridine rings is 1. The molecule has 158 valence electrons. The van der Waals surface area contributed by atoms with Crippen LogP contribution in [-0.4, -0.2) is 40.6 Å². The van der Waals surface area contributed by atoms with Crippen molar-refractivity contribution in [2.24, 2.45) is 0 Å². The highest BCUT2D eigenvalue weighted by molar-refractivity contribution is 8.15. The quantitative estimate of drug-likeness (QED) is 0.755. The summed E-state index contributed by atoms with van der Waals surface area (Å²) in [4.78, 5) is 29.6. The van der Waals surface area contributed by atoms with Crippen LogP contribution in [0.5, 0.6) is 5.75 Å². The summed E-state index contributed by atoms with van der Waals surface area (Å²) in [7, 11) is 0. The van der Waals surface area contributed by atoms with Crippen molar-refractivity contribution in [1.29, 1.82) is 0 Å². The Morgan fingerprint density at radius 2 is 2.13 bits per heavy atom. The van der Waals surface area contributed by atoms with E-state index in [1.807, 2.05) is 18.2 Å². The summed E-state index contributed by atoms with van der Waals surface area (Å²) in [5, 5.41) is 1.69. The molecule has 1 aromatic carbocycles. The fourth-order valence-corrected chi connectivity index (χ4v) is 4.77. The summed E-state index contributed by atoms with van der Waals surface area (Å²) < 4.78 is 19.4. The largest absolute Gasteiger partial charge is 0.489 e. The number of amides is 2. The number of piperidine rings is 1. The molecule has 6 nitrogen and oxygen atoms in total. The maximum Gasteiger partial charge on any atom is 0.286 e. The zero-order chi connectivity index (χ0) is 21.1. The second-order valence-corrected chi connectivity index (χ2v) is 8.71. The first-order chi connectivity index (χ1) is 14.5. The number of hydrogen-bond donors (Lipinski definition) is 1. The van der Waals surface area contributed by atoms with E-state index in [0.717, 1.165) is 60.3 Å². The van der Waals surface area contributed by atoms with Gasteiger partial charge in [-0.2, -0.15) is 0 Å². The number of rotatable bonds is 6. The van der Waals surface area contributed by atoms with E-state index in [-0.39, 0.29) is 28.3 Å². The summed E-state index contributed by atoms with van der Waals surface area (Å²) in [5.41, 5.74) is 2.18. The van der Waals surface area contributed by atoms with Crippen LogP contribution in [0.4, 0.5) is 15.0 Å². The zero-order valence-electron chi connectivity index (χ0n) is 16.8. The SMILES string of the molecule is CCc1cc(OC2CCCN(c3ccc(F)cn3)C2)ccc1CC1SC(=O)NC1=O. The van der Waals surface area contributed by atoms with Crippen molar-refractivity contribution in [3.8, 4) is 5.75 Å². The van der Waals surface area contributed by atoms with Crippen LogP contribution < -0.4 is 15.0 Å². The van der Waals surface area contributed by atoms with Gasteiger partial charge in [-0.25, -0.2) is 9.37 Å². The molecule has 2 atom stereocenters. The number of nitrogens with zero attached hydrogens (tertiary/aromatic N) is 2. The maximum absolute atomic E-state index is 13.1. The Hall–Kier alpha value is -2.61. The molecule has 3 heterocycles. The van der Waals surface area contributed by atoms with Crippen molar-refractivity contribution >= 4 is 28.7 Å². The molecular weight excluding hydrogens is 405 g/mol. The molecule has 8 heteroatoms. The topological polar surface area (TPSA) is 71.5 Å². The number of carbonyl (C=O) groups is 2. The normalized spacial score (nSPS) is 21.6. The van der Waals surface area contributed by atoms with Crippen LogP contribution in [-0.2, 0) is 17.6 Å². The molecular formula is C22H24FN3O3S. The van der Waals surface area contributed by atoms with Gasteiger partial charge in [0.15, 0.2) is 0 Å². The summed E-state index contributed by atoms with van der Waals surface area (Å²) in [5.74, 6) is 1.00. The second kappa shape index (κ2) is 9.04. The van der Waals surface area contributed by atoms with E-state index in [4.69, 9.17) is 4.74 Å². The number of aryl methyl sites for hydroxylation is 1. The Kier molecular flexibility index (Phi) is 6.22. The van der Waals surface area contributed by atoms with Gasteiger partial charge in [0.1, 0.15) is 23.5 Å². The van der Waals surface area contributed by atoms with E-state index in [2.05, 4.69) is 22.1 Å². The Morgan fingerprint density at radius 1 is 1.27 bits per heavy atom. The lowest BCUT2D eigenvalue weighted by Gasteiger charge is -2.33. The molecule has 0 spiro atoms. The second-order valence-electron chi connectivity index (χ2n) is 7.53. The molecule has 2 aliphatic rings. The third-order valence-corrected chi connectivity index (χ3v) is 6.43. The Labute approximate surface area is 179 Å². The molecule has 0 radical (unpaired) electrons. The fourth-order valence-electron chi connectivity index (χ4n) is 3.92. The number of thioether (sulfide) groups is 1. The molecule has 4 rings (SSSR count). The van der Waals surface area contributed by atoms with Gasteiger partial charge in [-0.15, -0.1) is 0 Å². The molecule has 2 amide bonds. The molecule has 2 aromatic rings. The molecule has 1 N–H and O–H groups in total. The van der Waals surface area contributed by atoms with Gasteiger partial charge in [0, 0.05) is 6.54 Å². The van der Waals surface area contributed by atoms with Crippen LogP contribution in [0.25, 0.3) is 0 Å². The lowest BCUT2D eigenvalue weighted by atomic mass is 10.00. The Morgan fingerprint density at radius 3 is 2.83 bits per heavy atom. The van der Waals surface area contributed by atoms with Gasteiger partial charge in [0.25, 0.3) is 5.24 Å². The van der Waals surface area contributed by atoms with Crippen LogP contribution in [0.15, 0.2) is 36.5 Å². The zero-order valence-corrected chi connectivity index (χ0v) is 17.6. The van der Waals surface area contributed by atoms with Crippen molar-refractivity contribution in [1.82, 2.24) is 10.3 Å². The molecule has 0 saturated carbocycles. The van der Waals surface area contributed by atoms with E-state index < -0.39 is 0 Å². The summed E-state index contributed by atoms with van der Waals surface area (Å²) in [6.07, 6.45) is 4.53. The maximum atomic E-state index is 13.1. The molecule has 2 saturated heterocycles. The number of ether oxygens (including phenoxy) is 1. The number of anilines is 1. The average Bonchev–Trinajstić information content (AvgIpc) is 3.06. The third-order valence-electron chi connectivity index (χ3n) is 5.45. The van der Waals surface area contributed by atoms with Gasteiger partial charge < -0.3 is 9.64 Å². The van der Waals surface area contributed by atoms with Crippen molar-refractivity contribution in [2.75, 3.05) is 18.0 Å². The summed E-state index contributed by atoms with van der Waals surface area (Å²) in [6, 6.07) is 9.08. The number of nitrogens with one attached hydrogen (secondary N) is 1. The van der Waals surface area contributed by atoms with Crippen LogP contribution in [0.2, 0.25) is 0 Å².